The fraction of sp³-hybridized carbons (Fsp3) is 0.407. The topological polar surface area (TPSA) is 116 Å². The van der Waals surface area contributed by atoms with Gasteiger partial charge < -0.3 is 10.2 Å². The summed E-state index contributed by atoms with van der Waals surface area (Å²) in [7, 11) is 0. The molecule has 5 rings (SSSR count). The Kier molecular flexibility index (Phi) is 7.76. The number of amides is 2. The van der Waals surface area contributed by atoms with Gasteiger partial charge in [0.1, 0.15) is 11.4 Å². The molecular formula is C27H29Cl2N7O2. The maximum Gasteiger partial charge on any atom is 0.275 e. The van der Waals surface area contributed by atoms with Crippen LogP contribution in [0.2, 0.25) is 10.0 Å². The molecule has 9 nitrogen and oxygen atoms in total. The molecule has 2 amide bonds. The van der Waals surface area contributed by atoms with Crippen LogP contribution in [0.1, 0.15) is 85.2 Å². The van der Waals surface area contributed by atoms with Gasteiger partial charge in [-0.25, -0.2) is 0 Å². The molecule has 0 saturated heterocycles. The van der Waals surface area contributed by atoms with Gasteiger partial charge in [-0.1, -0.05) is 60.3 Å². The van der Waals surface area contributed by atoms with Gasteiger partial charge in [-0.15, -0.1) is 10.2 Å². The Bertz CT molecular complexity index is 1320. The predicted molar refractivity (Wildman–Crippen MR) is 145 cm³/mol. The van der Waals surface area contributed by atoms with Crippen LogP contribution in [0.25, 0.3) is 0 Å². The fourth-order valence-electron chi connectivity index (χ4n) is 5.49. The van der Waals surface area contributed by atoms with Crippen LogP contribution in [-0.2, 0) is 11.3 Å². The first-order valence-corrected chi connectivity index (χ1v) is 13.7. The molecule has 1 fully saturated rings. The molecule has 1 spiro atoms. The summed E-state index contributed by atoms with van der Waals surface area (Å²) >= 11 is 12.6. The molecule has 1 atom stereocenters. The van der Waals surface area contributed by atoms with Crippen LogP contribution in [0.3, 0.4) is 0 Å². The van der Waals surface area contributed by atoms with Crippen molar-refractivity contribution in [3.63, 3.8) is 0 Å². The third-order valence-electron chi connectivity index (χ3n) is 7.21. The lowest BCUT2D eigenvalue weighted by Crippen LogP contribution is -2.50. The van der Waals surface area contributed by atoms with E-state index in [9.17, 15) is 9.59 Å². The highest BCUT2D eigenvalue weighted by Gasteiger charge is 2.50. The summed E-state index contributed by atoms with van der Waals surface area (Å²) < 4.78 is 0. The van der Waals surface area contributed by atoms with Crippen LogP contribution in [-0.4, -0.2) is 48.7 Å². The third-order valence-corrected chi connectivity index (χ3v) is 7.64. The van der Waals surface area contributed by atoms with E-state index in [2.05, 4.69) is 32.9 Å². The van der Waals surface area contributed by atoms with Gasteiger partial charge in [0, 0.05) is 21.2 Å². The number of carbonyl (C=O) groups excluding carboxylic acids is 2. The van der Waals surface area contributed by atoms with Crippen molar-refractivity contribution in [2.45, 2.75) is 70.1 Å². The Balaban J connectivity index is 1.44. The van der Waals surface area contributed by atoms with Gasteiger partial charge in [0.2, 0.25) is 0 Å². The minimum Gasteiger partial charge on any atom is -0.345 e. The van der Waals surface area contributed by atoms with E-state index in [1.165, 1.54) is 0 Å². The Morgan fingerprint density at radius 2 is 1.82 bits per heavy atom. The molecule has 2 aliphatic rings. The molecule has 1 aliphatic heterocycles. The number of nitrogens with one attached hydrogen (secondary N) is 2. The lowest BCUT2D eigenvalue weighted by Gasteiger charge is -2.44. The summed E-state index contributed by atoms with van der Waals surface area (Å²) in [5, 5.41) is 17.3. The van der Waals surface area contributed by atoms with E-state index in [0.29, 0.717) is 32.7 Å². The van der Waals surface area contributed by atoms with Crippen LogP contribution in [0.5, 0.6) is 0 Å². The number of aromatic amines is 1. The summed E-state index contributed by atoms with van der Waals surface area (Å²) in [4.78, 5) is 33.8. The van der Waals surface area contributed by atoms with Gasteiger partial charge >= 0.3 is 0 Å². The number of aliphatic imine (C=N–C) groups is 1. The van der Waals surface area contributed by atoms with Crippen LogP contribution >= 0.6 is 23.2 Å². The van der Waals surface area contributed by atoms with Crippen molar-refractivity contribution in [1.82, 2.24) is 30.8 Å². The number of H-pyrrole nitrogens is 1. The molecule has 0 bridgehead atoms. The molecular weight excluding hydrogens is 525 g/mol. The zero-order valence-corrected chi connectivity index (χ0v) is 22.6. The molecule has 1 unspecified atom stereocenters. The highest BCUT2D eigenvalue weighted by molar-refractivity contribution is 6.47. The second-order valence-electron chi connectivity index (χ2n) is 9.77. The second kappa shape index (κ2) is 11.2. The van der Waals surface area contributed by atoms with Crippen molar-refractivity contribution in [2.75, 3.05) is 0 Å². The molecule has 1 aliphatic carbocycles. The van der Waals surface area contributed by atoms with E-state index in [1.807, 2.05) is 17.0 Å². The van der Waals surface area contributed by atoms with Gasteiger partial charge in [-0.2, -0.15) is 5.21 Å². The van der Waals surface area contributed by atoms with E-state index in [1.54, 1.807) is 30.3 Å². The van der Waals surface area contributed by atoms with E-state index in [0.717, 1.165) is 50.5 Å². The zero-order chi connectivity index (χ0) is 26.7. The smallest absolute Gasteiger partial charge is 0.275 e. The number of carbonyl (C=O) groups is 2. The molecule has 0 radical (unpaired) electrons. The number of hydrogen-bond acceptors (Lipinski definition) is 6. The SMILES string of the molecule is CCCC(c1ccc(C(=O)NCc2nn[nH]n2)cc1)N1C(=O)C(c2cc(Cl)cc(Cl)c2)=NC12CCCCC2. The van der Waals surface area contributed by atoms with E-state index in [-0.39, 0.29) is 24.4 Å². The van der Waals surface area contributed by atoms with Crippen molar-refractivity contribution < 1.29 is 9.59 Å². The monoisotopic (exact) mass is 553 g/mol. The number of tetrazole rings is 1. The summed E-state index contributed by atoms with van der Waals surface area (Å²) in [6, 6.07) is 12.4. The minimum atomic E-state index is -0.597. The van der Waals surface area contributed by atoms with Crippen LogP contribution < -0.4 is 5.32 Å². The van der Waals surface area contributed by atoms with Crippen LogP contribution in [0.15, 0.2) is 47.5 Å². The maximum absolute atomic E-state index is 14.1. The Labute approximate surface area is 231 Å². The number of aromatic nitrogens is 4. The number of rotatable bonds is 8. The normalized spacial score (nSPS) is 17.5. The second-order valence-corrected chi connectivity index (χ2v) is 10.6. The highest BCUT2D eigenvalue weighted by atomic mass is 35.5. The lowest BCUT2D eigenvalue weighted by atomic mass is 9.86. The Morgan fingerprint density at radius 1 is 1.11 bits per heavy atom. The molecule has 38 heavy (non-hydrogen) atoms. The van der Waals surface area contributed by atoms with Crippen molar-refractivity contribution in [3.8, 4) is 0 Å². The van der Waals surface area contributed by atoms with E-state index in [4.69, 9.17) is 28.2 Å². The number of halogens is 2. The first-order valence-electron chi connectivity index (χ1n) is 12.9. The molecule has 2 heterocycles. The first-order chi connectivity index (χ1) is 18.4. The molecule has 1 saturated carbocycles. The van der Waals surface area contributed by atoms with Gasteiger partial charge in [0.15, 0.2) is 5.82 Å². The van der Waals surface area contributed by atoms with Crippen LogP contribution in [0, 0.1) is 0 Å². The minimum absolute atomic E-state index is 0.106. The molecule has 11 heteroatoms. The number of nitrogens with zero attached hydrogens (tertiary/aromatic N) is 5. The Morgan fingerprint density at radius 3 is 2.45 bits per heavy atom. The Hall–Kier alpha value is -3.30. The van der Waals surface area contributed by atoms with E-state index >= 15 is 0 Å². The summed E-state index contributed by atoms with van der Waals surface area (Å²) in [5.41, 5.74) is 1.94. The molecule has 1 aromatic heterocycles. The zero-order valence-electron chi connectivity index (χ0n) is 21.1. The molecule has 3 aromatic rings. The number of hydrogen-bond donors (Lipinski definition) is 2. The summed E-state index contributed by atoms with van der Waals surface area (Å²) in [6.07, 6.45) is 6.43. The average molecular weight is 554 g/mol. The van der Waals surface area contributed by atoms with Gasteiger partial charge in [0.05, 0.1) is 12.6 Å². The quantitative estimate of drug-likeness (QED) is 0.394. The van der Waals surface area contributed by atoms with Crippen molar-refractivity contribution in [3.05, 3.63) is 75.0 Å². The maximum atomic E-state index is 14.1. The fourth-order valence-corrected chi connectivity index (χ4v) is 6.01. The van der Waals surface area contributed by atoms with E-state index < -0.39 is 5.66 Å². The van der Waals surface area contributed by atoms with Gasteiger partial charge in [-0.3, -0.25) is 14.6 Å². The van der Waals surface area contributed by atoms with Crippen molar-refractivity contribution in [2.24, 2.45) is 4.99 Å². The van der Waals surface area contributed by atoms with Crippen molar-refractivity contribution >= 4 is 40.7 Å². The lowest BCUT2D eigenvalue weighted by molar-refractivity contribution is -0.132. The standard InChI is InChI=1S/C27H29Cl2N7O2/c1-2-6-22(17-7-9-18(10-8-17)25(37)30-16-23-32-34-35-33-23)36-26(38)24(19-13-20(28)15-21(29)14-19)31-27(36)11-4-3-5-12-27/h7-10,13-15,22H,2-6,11-12,16H2,1H3,(H,30,37)(H,32,33,34,35). The highest BCUT2D eigenvalue weighted by Crippen LogP contribution is 2.45. The average Bonchev–Trinajstić information content (AvgIpc) is 3.52. The number of benzene rings is 2. The predicted octanol–water partition coefficient (Wildman–Crippen LogP) is 5.27. The van der Waals surface area contributed by atoms with Gasteiger partial charge in [-0.05, 0) is 68.0 Å². The summed E-state index contributed by atoms with van der Waals surface area (Å²) in [6.45, 7) is 2.29. The molecule has 2 aromatic carbocycles. The van der Waals surface area contributed by atoms with Gasteiger partial charge in [0.25, 0.3) is 11.8 Å². The third kappa shape index (κ3) is 5.31. The largest absolute Gasteiger partial charge is 0.345 e. The van der Waals surface area contributed by atoms with Crippen molar-refractivity contribution in [1.29, 1.82) is 0 Å². The van der Waals surface area contributed by atoms with Crippen LogP contribution in [0.4, 0.5) is 0 Å². The first kappa shape index (κ1) is 26.3. The molecule has 2 N–H and O–H groups in total. The summed E-state index contributed by atoms with van der Waals surface area (Å²) in [5.74, 6) is 0.0589. The molecule has 198 valence electrons.